The molecular weight excluding hydrogens is 350 g/mol. The van der Waals surface area contributed by atoms with Gasteiger partial charge in [0.2, 0.25) is 0 Å². The Bertz CT molecular complexity index is 952. The predicted molar refractivity (Wildman–Crippen MR) is 102 cm³/mol. The summed E-state index contributed by atoms with van der Waals surface area (Å²) in [4.78, 5) is 31.6. The van der Waals surface area contributed by atoms with E-state index in [4.69, 9.17) is 0 Å². The summed E-state index contributed by atoms with van der Waals surface area (Å²) in [5.74, 6) is -1.54. The highest BCUT2D eigenvalue weighted by Gasteiger charge is 2.25. The summed E-state index contributed by atoms with van der Waals surface area (Å²) in [5.41, 5.74) is 1.89. The van der Waals surface area contributed by atoms with Crippen LogP contribution >= 0.6 is 11.3 Å². The van der Waals surface area contributed by atoms with Gasteiger partial charge in [-0.1, -0.05) is 39.0 Å². The highest BCUT2D eigenvalue weighted by Crippen LogP contribution is 2.25. The molecule has 1 aromatic carbocycles. The highest BCUT2D eigenvalue weighted by molar-refractivity contribution is 7.10. The number of hydrogen-bond donors (Lipinski definition) is 3. The molecule has 1 atom stereocenters. The molecule has 0 radical (unpaired) electrons. The lowest BCUT2D eigenvalue weighted by molar-refractivity contribution is -0.139. The topological polar surface area (TPSA) is 95.1 Å². The molecule has 1 amide bonds. The monoisotopic (exact) mass is 371 g/mol. The zero-order valence-electron chi connectivity index (χ0n) is 14.9. The Morgan fingerprint density at radius 2 is 2.04 bits per heavy atom. The van der Waals surface area contributed by atoms with Crippen molar-refractivity contribution in [2.75, 3.05) is 0 Å². The molecule has 0 fully saturated rings. The van der Waals surface area contributed by atoms with Crippen molar-refractivity contribution in [1.29, 1.82) is 0 Å². The maximum Gasteiger partial charge on any atom is 0.326 e. The van der Waals surface area contributed by atoms with Gasteiger partial charge in [-0.05, 0) is 11.6 Å². The standard InChI is InChI=1S/C19H21N3O3S/c1-19(2,3)18-22-15(10-26-18)16(23)21-14(17(24)25)8-11-9-20-13-7-5-4-6-12(11)13/h4-7,9-10,14,20H,8H2,1-3H3,(H,21,23)(H,24,25). The molecule has 1 unspecified atom stereocenters. The number of benzene rings is 1. The van der Waals surface area contributed by atoms with E-state index in [1.807, 2.05) is 45.0 Å². The molecule has 3 aromatic rings. The first-order chi connectivity index (χ1) is 12.3. The van der Waals surface area contributed by atoms with E-state index in [9.17, 15) is 14.7 Å². The van der Waals surface area contributed by atoms with Crippen LogP contribution in [0.3, 0.4) is 0 Å². The normalized spacial score (nSPS) is 12.9. The predicted octanol–water partition coefficient (Wildman–Crippen LogP) is 3.35. The fourth-order valence-corrected chi connectivity index (χ4v) is 3.56. The van der Waals surface area contributed by atoms with E-state index in [1.54, 1.807) is 11.6 Å². The molecule has 0 bridgehead atoms. The number of carbonyl (C=O) groups excluding carboxylic acids is 1. The zero-order valence-corrected chi connectivity index (χ0v) is 15.7. The van der Waals surface area contributed by atoms with Gasteiger partial charge in [0.05, 0.1) is 5.01 Å². The quantitative estimate of drug-likeness (QED) is 0.641. The van der Waals surface area contributed by atoms with Crippen LogP contribution in [0, 0.1) is 0 Å². The Kier molecular flexibility index (Phi) is 4.82. The van der Waals surface area contributed by atoms with Crippen molar-refractivity contribution in [2.24, 2.45) is 0 Å². The number of para-hydroxylation sites is 1. The molecular formula is C19H21N3O3S. The summed E-state index contributed by atoms with van der Waals surface area (Å²) < 4.78 is 0. The first-order valence-corrected chi connectivity index (χ1v) is 9.18. The van der Waals surface area contributed by atoms with Crippen LogP contribution in [0.2, 0.25) is 0 Å². The van der Waals surface area contributed by atoms with E-state index in [0.717, 1.165) is 21.5 Å². The average Bonchev–Trinajstić information content (AvgIpc) is 3.21. The highest BCUT2D eigenvalue weighted by atomic mass is 32.1. The fraction of sp³-hybridized carbons (Fsp3) is 0.316. The van der Waals surface area contributed by atoms with Crippen molar-refractivity contribution >= 4 is 34.1 Å². The van der Waals surface area contributed by atoms with Gasteiger partial charge in [0.15, 0.2) is 0 Å². The number of carbonyl (C=O) groups is 2. The maximum atomic E-state index is 12.5. The van der Waals surface area contributed by atoms with Crippen LogP contribution in [-0.4, -0.2) is 33.0 Å². The molecule has 3 N–H and O–H groups in total. The third kappa shape index (κ3) is 3.77. The van der Waals surface area contributed by atoms with Gasteiger partial charge in [0.1, 0.15) is 11.7 Å². The Hall–Kier alpha value is -2.67. The lowest BCUT2D eigenvalue weighted by Gasteiger charge is -2.14. The van der Waals surface area contributed by atoms with E-state index < -0.39 is 17.9 Å². The molecule has 2 aromatic heterocycles. The zero-order chi connectivity index (χ0) is 18.9. The van der Waals surface area contributed by atoms with Crippen LogP contribution in [0.25, 0.3) is 10.9 Å². The molecule has 136 valence electrons. The third-order valence-electron chi connectivity index (χ3n) is 4.08. The summed E-state index contributed by atoms with van der Waals surface area (Å²) in [6, 6.07) is 6.64. The Morgan fingerprint density at radius 1 is 1.31 bits per heavy atom. The van der Waals surface area contributed by atoms with Crippen LogP contribution < -0.4 is 5.32 Å². The van der Waals surface area contributed by atoms with Gasteiger partial charge in [0.25, 0.3) is 5.91 Å². The maximum absolute atomic E-state index is 12.5. The number of hydrogen-bond acceptors (Lipinski definition) is 4. The van der Waals surface area contributed by atoms with Gasteiger partial charge < -0.3 is 15.4 Å². The number of aromatic amines is 1. The van der Waals surface area contributed by atoms with E-state index in [1.165, 1.54) is 11.3 Å². The molecule has 26 heavy (non-hydrogen) atoms. The second-order valence-corrected chi connectivity index (χ2v) is 8.07. The number of thiazole rings is 1. The fourth-order valence-electron chi connectivity index (χ4n) is 2.68. The van der Waals surface area contributed by atoms with Crippen molar-refractivity contribution in [2.45, 2.75) is 38.6 Å². The van der Waals surface area contributed by atoms with E-state index in [2.05, 4.69) is 15.3 Å². The number of nitrogens with zero attached hydrogens (tertiary/aromatic N) is 1. The molecule has 0 aliphatic heterocycles. The lowest BCUT2D eigenvalue weighted by Crippen LogP contribution is -2.42. The average molecular weight is 371 g/mol. The Balaban J connectivity index is 1.77. The number of amides is 1. The van der Waals surface area contributed by atoms with E-state index in [0.29, 0.717) is 0 Å². The molecule has 0 aliphatic carbocycles. The number of aromatic nitrogens is 2. The van der Waals surface area contributed by atoms with Gasteiger partial charge in [-0.25, -0.2) is 9.78 Å². The summed E-state index contributed by atoms with van der Waals surface area (Å²) in [6.45, 7) is 6.06. The molecule has 0 spiro atoms. The van der Waals surface area contributed by atoms with Crippen LogP contribution in [0.1, 0.15) is 41.8 Å². The molecule has 2 heterocycles. The second-order valence-electron chi connectivity index (χ2n) is 7.22. The molecule has 0 saturated carbocycles. The minimum Gasteiger partial charge on any atom is -0.480 e. The van der Waals surface area contributed by atoms with Crippen LogP contribution in [0.15, 0.2) is 35.8 Å². The van der Waals surface area contributed by atoms with E-state index >= 15 is 0 Å². The van der Waals surface area contributed by atoms with Crippen molar-refractivity contribution in [3.63, 3.8) is 0 Å². The number of carboxylic acids is 1. The minimum atomic E-state index is -1.07. The van der Waals surface area contributed by atoms with Crippen LogP contribution in [-0.2, 0) is 16.6 Å². The lowest BCUT2D eigenvalue weighted by atomic mass is 9.98. The first kappa shape index (κ1) is 18.1. The van der Waals surface area contributed by atoms with E-state index in [-0.39, 0.29) is 17.5 Å². The van der Waals surface area contributed by atoms with Gasteiger partial charge in [-0.3, -0.25) is 4.79 Å². The molecule has 6 nitrogen and oxygen atoms in total. The Labute approximate surface area is 155 Å². The molecule has 0 aliphatic rings. The van der Waals surface area contributed by atoms with Crippen molar-refractivity contribution in [1.82, 2.24) is 15.3 Å². The summed E-state index contributed by atoms with van der Waals surface area (Å²) >= 11 is 1.40. The van der Waals surface area contributed by atoms with Gasteiger partial charge in [-0.2, -0.15) is 0 Å². The van der Waals surface area contributed by atoms with Crippen LogP contribution in [0.5, 0.6) is 0 Å². The van der Waals surface area contributed by atoms with Gasteiger partial charge >= 0.3 is 5.97 Å². The Morgan fingerprint density at radius 3 is 2.69 bits per heavy atom. The summed E-state index contributed by atoms with van der Waals surface area (Å²) in [6.07, 6.45) is 1.98. The molecule has 7 heteroatoms. The van der Waals surface area contributed by atoms with Crippen molar-refractivity contribution < 1.29 is 14.7 Å². The second kappa shape index (κ2) is 6.92. The molecule has 3 rings (SSSR count). The smallest absolute Gasteiger partial charge is 0.326 e. The first-order valence-electron chi connectivity index (χ1n) is 8.30. The number of aliphatic carboxylic acids is 1. The number of rotatable bonds is 5. The van der Waals surface area contributed by atoms with Gasteiger partial charge in [-0.15, -0.1) is 11.3 Å². The number of fused-ring (bicyclic) bond motifs is 1. The summed E-state index contributed by atoms with van der Waals surface area (Å²) in [5, 5.41) is 15.6. The number of nitrogens with one attached hydrogen (secondary N) is 2. The SMILES string of the molecule is CC(C)(C)c1nc(C(=O)NC(Cc2c[nH]c3ccccc23)C(=O)O)cs1. The number of carboxylic acid groups (broad SMARTS) is 1. The number of H-pyrrole nitrogens is 1. The van der Waals surface area contributed by atoms with Gasteiger partial charge in [0, 0.05) is 34.3 Å². The largest absolute Gasteiger partial charge is 0.480 e. The third-order valence-corrected chi connectivity index (χ3v) is 5.35. The van der Waals surface area contributed by atoms with Crippen molar-refractivity contribution in [3.8, 4) is 0 Å². The summed E-state index contributed by atoms with van der Waals surface area (Å²) in [7, 11) is 0. The minimum absolute atomic E-state index is 0.153. The molecule has 0 saturated heterocycles. The van der Waals surface area contributed by atoms with Crippen LogP contribution in [0.4, 0.5) is 0 Å². The van der Waals surface area contributed by atoms with Crippen molar-refractivity contribution in [3.05, 3.63) is 52.1 Å².